The standard InChI is InChI=1S/C17H20ClN7O2/c1-24-9-12(15(18)23-24)21-17(27)10-8-19-25-7-6-14(22-16(10)25)20-11-4-2-3-5-13(11)26/h6-9,11,13,26H,2-5H2,1H3,(H,20,22)(H,21,27)/t11-,13+/m1/s1. The first-order chi connectivity index (χ1) is 13.0. The van der Waals surface area contributed by atoms with Gasteiger partial charge in [-0.3, -0.25) is 9.48 Å². The fourth-order valence-electron chi connectivity index (χ4n) is 3.31. The van der Waals surface area contributed by atoms with E-state index in [0.717, 1.165) is 25.7 Å². The lowest BCUT2D eigenvalue weighted by molar-refractivity contribution is 0.102. The van der Waals surface area contributed by atoms with Crippen LogP contribution in [0.15, 0.2) is 24.7 Å². The van der Waals surface area contributed by atoms with E-state index in [9.17, 15) is 9.90 Å². The summed E-state index contributed by atoms with van der Waals surface area (Å²) in [5, 5.41) is 24.5. The number of amides is 1. The van der Waals surface area contributed by atoms with Crippen molar-refractivity contribution in [1.82, 2.24) is 24.4 Å². The van der Waals surface area contributed by atoms with Crippen molar-refractivity contribution in [2.75, 3.05) is 10.6 Å². The molecule has 3 aromatic heterocycles. The van der Waals surface area contributed by atoms with Crippen molar-refractivity contribution in [2.45, 2.75) is 37.8 Å². The van der Waals surface area contributed by atoms with Crippen LogP contribution in [0.4, 0.5) is 11.5 Å². The van der Waals surface area contributed by atoms with Crippen LogP contribution in [0.5, 0.6) is 0 Å². The minimum Gasteiger partial charge on any atom is -0.391 e. The highest BCUT2D eigenvalue weighted by Gasteiger charge is 2.23. The number of fused-ring (bicyclic) bond motifs is 1. The van der Waals surface area contributed by atoms with Crippen molar-refractivity contribution < 1.29 is 9.90 Å². The number of rotatable bonds is 4. The van der Waals surface area contributed by atoms with Gasteiger partial charge in [-0.05, 0) is 18.9 Å². The van der Waals surface area contributed by atoms with Crippen LogP contribution in [0, 0.1) is 0 Å². The number of carbonyl (C=O) groups is 1. The summed E-state index contributed by atoms with van der Waals surface area (Å²) in [5.74, 6) is 0.227. The molecule has 1 saturated carbocycles. The van der Waals surface area contributed by atoms with Gasteiger partial charge in [-0.15, -0.1) is 0 Å². The topological polar surface area (TPSA) is 109 Å². The number of hydrogen-bond acceptors (Lipinski definition) is 6. The largest absolute Gasteiger partial charge is 0.391 e. The summed E-state index contributed by atoms with van der Waals surface area (Å²) in [4.78, 5) is 17.2. The van der Waals surface area contributed by atoms with Gasteiger partial charge in [-0.1, -0.05) is 24.4 Å². The monoisotopic (exact) mass is 389 g/mol. The smallest absolute Gasteiger partial charge is 0.261 e. The van der Waals surface area contributed by atoms with Crippen molar-refractivity contribution in [1.29, 1.82) is 0 Å². The van der Waals surface area contributed by atoms with Crippen LogP contribution in [0.3, 0.4) is 0 Å². The molecule has 3 heterocycles. The normalized spacial score (nSPS) is 20.0. The van der Waals surface area contributed by atoms with Gasteiger partial charge in [0.1, 0.15) is 11.4 Å². The summed E-state index contributed by atoms with van der Waals surface area (Å²) in [5.41, 5.74) is 1.16. The Labute approximate surface area is 160 Å². The molecule has 0 aliphatic heterocycles. The van der Waals surface area contributed by atoms with Crippen molar-refractivity contribution in [2.24, 2.45) is 7.05 Å². The molecule has 1 aliphatic carbocycles. The molecule has 0 bridgehead atoms. The van der Waals surface area contributed by atoms with E-state index in [4.69, 9.17) is 11.6 Å². The predicted molar refractivity (Wildman–Crippen MR) is 101 cm³/mol. The number of nitrogens with one attached hydrogen (secondary N) is 2. The fraction of sp³-hybridized carbons (Fsp3) is 0.412. The number of aryl methyl sites for hydroxylation is 1. The van der Waals surface area contributed by atoms with Gasteiger partial charge in [0.05, 0.1) is 24.0 Å². The maximum Gasteiger partial charge on any atom is 0.261 e. The zero-order chi connectivity index (χ0) is 19.0. The zero-order valence-corrected chi connectivity index (χ0v) is 15.5. The Balaban J connectivity index is 1.58. The number of nitrogens with zero attached hydrogens (tertiary/aromatic N) is 5. The third kappa shape index (κ3) is 3.60. The van der Waals surface area contributed by atoms with Crippen LogP contribution in [0.1, 0.15) is 36.0 Å². The first kappa shape index (κ1) is 17.7. The number of aliphatic hydroxyl groups is 1. The predicted octanol–water partition coefficient (Wildman–Crippen LogP) is 2.08. The molecule has 1 fully saturated rings. The summed E-state index contributed by atoms with van der Waals surface area (Å²) in [6.07, 6.45) is 8.20. The number of anilines is 2. The zero-order valence-electron chi connectivity index (χ0n) is 14.8. The molecule has 0 unspecified atom stereocenters. The van der Waals surface area contributed by atoms with Crippen LogP contribution in [-0.4, -0.2) is 47.5 Å². The van der Waals surface area contributed by atoms with E-state index >= 15 is 0 Å². The van der Waals surface area contributed by atoms with Crippen molar-refractivity contribution in [3.63, 3.8) is 0 Å². The molecule has 0 aromatic carbocycles. The SMILES string of the molecule is Cn1cc(NC(=O)c2cnn3ccc(N[C@@H]4CCCC[C@@H]4O)nc23)c(Cl)n1. The molecule has 0 spiro atoms. The first-order valence-corrected chi connectivity index (χ1v) is 9.18. The summed E-state index contributed by atoms with van der Waals surface area (Å²) in [6.45, 7) is 0. The Bertz CT molecular complexity index is 983. The van der Waals surface area contributed by atoms with Gasteiger partial charge < -0.3 is 15.7 Å². The molecule has 9 nitrogen and oxygen atoms in total. The van der Waals surface area contributed by atoms with E-state index in [2.05, 4.69) is 25.8 Å². The molecule has 3 aromatic rings. The second-order valence-electron chi connectivity index (χ2n) is 6.70. The molecule has 2 atom stereocenters. The molecule has 4 rings (SSSR count). The first-order valence-electron chi connectivity index (χ1n) is 8.81. The molecule has 1 aliphatic rings. The Kier molecular flexibility index (Phi) is 4.71. The van der Waals surface area contributed by atoms with Crippen LogP contribution < -0.4 is 10.6 Å². The summed E-state index contributed by atoms with van der Waals surface area (Å²) in [6, 6.07) is 1.74. The Morgan fingerprint density at radius 1 is 1.37 bits per heavy atom. The van der Waals surface area contributed by atoms with Crippen LogP contribution in [0.25, 0.3) is 5.65 Å². The van der Waals surface area contributed by atoms with Crippen molar-refractivity contribution >= 4 is 34.7 Å². The molecule has 0 radical (unpaired) electrons. The van der Waals surface area contributed by atoms with Crippen molar-refractivity contribution in [3.05, 3.63) is 35.4 Å². The van der Waals surface area contributed by atoms with E-state index in [1.54, 1.807) is 25.5 Å². The lowest BCUT2D eigenvalue weighted by Crippen LogP contribution is -2.36. The van der Waals surface area contributed by atoms with Gasteiger partial charge in [0.2, 0.25) is 0 Å². The molecule has 10 heteroatoms. The molecule has 142 valence electrons. The molecular formula is C17H20ClN7O2. The van der Waals surface area contributed by atoms with Crippen LogP contribution >= 0.6 is 11.6 Å². The second kappa shape index (κ2) is 7.16. The van der Waals surface area contributed by atoms with Gasteiger partial charge >= 0.3 is 0 Å². The molecule has 0 saturated heterocycles. The maximum atomic E-state index is 12.6. The third-order valence-corrected chi connectivity index (χ3v) is 4.99. The number of halogens is 1. The number of carbonyl (C=O) groups excluding carboxylic acids is 1. The van der Waals surface area contributed by atoms with Gasteiger partial charge in [0.15, 0.2) is 10.8 Å². The Hall–Kier alpha value is -2.65. The minimum atomic E-state index is -0.392. The van der Waals surface area contributed by atoms with E-state index in [-0.39, 0.29) is 17.1 Å². The maximum absolute atomic E-state index is 12.6. The van der Waals surface area contributed by atoms with E-state index in [1.807, 2.05) is 0 Å². The van der Waals surface area contributed by atoms with Gasteiger partial charge in [-0.2, -0.15) is 10.2 Å². The average Bonchev–Trinajstić information content (AvgIpc) is 3.19. The van der Waals surface area contributed by atoms with Gasteiger partial charge in [0, 0.05) is 19.4 Å². The highest BCUT2D eigenvalue weighted by atomic mass is 35.5. The van der Waals surface area contributed by atoms with E-state index in [0.29, 0.717) is 22.7 Å². The van der Waals surface area contributed by atoms with Crippen LogP contribution in [-0.2, 0) is 7.05 Å². The van der Waals surface area contributed by atoms with Gasteiger partial charge in [0.25, 0.3) is 5.91 Å². The van der Waals surface area contributed by atoms with E-state index < -0.39 is 6.10 Å². The molecule has 3 N–H and O–H groups in total. The summed E-state index contributed by atoms with van der Waals surface area (Å²) in [7, 11) is 1.72. The lowest BCUT2D eigenvalue weighted by Gasteiger charge is -2.28. The third-order valence-electron chi connectivity index (χ3n) is 4.71. The highest BCUT2D eigenvalue weighted by Crippen LogP contribution is 2.23. The Morgan fingerprint density at radius 3 is 2.93 bits per heavy atom. The molecule has 27 heavy (non-hydrogen) atoms. The number of aromatic nitrogens is 5. The number of hydrogen-bond donors (Lipinski definition) is 3. The summed E-state index contributed by atoms with van der Waals surface area (Å²) >= 11 is 6.00. The quantitative estimate of drug-likeness (QED) is 0.630. The number of aliphatic hydroxyl groups excluding tert-OH is 1. The van der Waals surface area contributed by atoms with Crippen molar-refractivity contribution in [3.8, 4) is 0 Å². The van der Waals surface area contributed by atoms with E-state index in [1.165, 1.54) is 15.4 Å². The Morgan fingerprint density at radius 2 is 2.19 bits per heavy atom. The lowest BCUT2D eigenvalue weighted by atomic mass is 9.93. The highest BCUT2D eigenvalue weighted by molar-refractivity contribution is 6.32. The fourth-order valence-corrected chi connectivity index (χ4v) is 3.53. The van der Waals surface area contributed by atoms with Gasteiger partial charge in [-0.25, -0.2) is 9.50 Å². The molecular weight excluding hydrogens is 370 g/mol. The second-order valence-corrected chi connectivity index (χ2v) is 7.06. The van der Waals surface area contributed by atoms with Crippen LogP contribution in [0.2, 0.25) is 5.15 Å². The summed E-state index contributed by atoms with van der Waals surface area (Å²) < 4.78 is 3.05. The average molecular weight is 390 g/mol. The molecule has 1 amide bonds. The minimum absolute atomic E-state index is 0.0388.